The largest absolute Gasteiger partial charge is 0.493 e. The van der Waals surface area contributed by atoms with Crippen molar-refractivity contribution in [2.45, 2.75) is 70.0 Å². The van der Waals surface area contributed by atoms with Gasteiger partial charge in [0.1, 0.15) is 17.7 Å². The molecule has 4 nitrogen and oxygen atoms in total. The number of alkyl halides is 2. The fourth-order valence-corrected chi connectivity index (χ4v) is 4.29. The maximum absolute atomic E-state index is 14.8. The fraction of sp³-hybridized carbons (Fsp3) is 0.609. The Hall–Kier alpha value is -2.02. The van der Waals surface area contributed by atoms with Crippen LogP contribution < -0.4 is 4.74 Å². The van der Waals surface area contributed by atoms with Crippen LogP contribution in [0.25, 0.3) is 0 Å². The zero-order chi connectivity index (χ0) is 21.7. The Morgan fingerprint density at radius 1 is 1.23 bits per heavy atom. The molecule has 0 spiro atoms. The summed E-state index contributed by atoms with van der Waals surface area (Å²) in [4.78, 5) is 12.4. The van der Waals surface area contributed by atoms with E-state index in [1.807, 2.05) is 0 Å². The molecule has 0 amide bonds. The third kappa shape index (κ3) is 5.17. The van der Waals surface area contributed by atoms with Gasteiger partial charge in [0, 0.05) is 0 Å². The summed E-state index contributed by atoms with van der Waals surface area (Å²) in [7, 11) is 0. The van der Waals surface area contributed by atoms with Gasteiger partial charge in [-0.3, -0.25) is 4.79 Å². The van der Waals surface area contributed by atoms with E-state index in [0.717, 1.165) is 6.42 Å². The second kappa shape index (κ2) is 10.3. The van der Waals surface area contributed by atoms with Gasteiger partial charge in [-0.2, -0.15) is 0 Å². The van der Waals surface area contributed by atoms with E-state index in [4.69, 9.17) is 14.2 Å². The van der Waals surface area contributed by atoms with Crippen LogP contribution in [-0.4, -0.2) is 31.4 Å². The minimum Gasteiger partial charge on any atom is -0.493 e. The Labute approximate surface area is 175 Å². The normalized spacial score (nSPS) is 27.0. The minimum absolute atomic E-state index is 0.00775. The first kappa shape index (κ1) is 22.7. The molecule has 3 rings (SSSR count). The Bertz CT molecular complexity index is 736. The van der Waals surface area contributed by atoms with Gasteiger partial charge >= 0.3 is 5.97 Å². The lowest BCUT2D eigenvalue weighted by molar-refractivity contribution is -0.161. The maximum Gasteiger partial charge on any atom is 0.311 e. The molecule has 166 valence electrons. The van der Waals surface area contributed by atoms with Crippen molar-refractivity contribution in [1.82, 2.24) is 0 Å². The van der Waals surface area contributed by atoms with Crippen LogP contribution in [0.1, 0.15) is 68.9 Å². The van der Waals surface area contributed by atoms with E-state index < -0.39 is 17.8 Å². The number of carbonyl (C=O) groups is 1. The molecule has 1 heterocycles. The molecule has 2 fully saturated rings. The molecule has 30 heavy (non-hydrogen) atoms. The SMILES string of the molecule is C=CC1CCC(C(=O)OC2CCC(c3ccc(OCC)c(C(F)F)c3F)CC2)CO1. The van der Waals surface area contributed by atoms with E-state index in [9.17, 15) is 18.0 Å². The van der Waals surface area contributed by atoms with E-state index in [0.29, 0.717) is 38.7 Å². The number of ether oxygens (including phenoxy) is 3. The smallest absolute Gasteiger partial charge is 0.311 e. The van der Waals surface area contributed by atoms with Crippen molar-refractivity contribution in [3.8, 4) is 5.75 Å². The fourth-order valence-electron chi connectivity index (χ4n) is 4.29. The van der Waals surface area contributed by atoms with Gasteiger partial charge in [0.25, 0.3) is 6.43 Å². The van der Waals surface area contributed by atoms with E-state index in [-0.39, 0.29) is 47.9 Å². The van der Waals surface area contributed by atoms with Gasteiger partial charge in [-0.25, -0.2) is 13.2 Å². The molecular weight excluding hydrogens is 397 g/mol. The lowest BCUT2D eigenvalue weighted by atomic mass is 9.81. The quantitative estimate of drug-likeness (QED) is 0.414. The summed E-state index contributed by atoms with van der Waals surface area (Å²) in [6.45, 7) is 5.89. The van der Waals surface area contributed by atoms with Crippen LogP contribution in [-0.2, 0) is 14.3 Å². The molecule has 2 unspecified atom stereocenters. The lowest BCUT2D eigenvalue weighted by Crippen LogP contribution is -2.34. The van der Waals surface area contributed by atoms with Crippen molar-refractivity contribution >= 4 is 5.97 Å². The summed E-state index contributed by atoms with van der Waals surface area (Å²) >= 11 is 0. The number of rotatable bonds is 7. The summed E-state index contributed by atoms with van der Waals surface area (Å²) in [5.41, 5.74) is -0.382. The first-order valence-corrected chi connectivity index (χ1v) is 10.6. The lowest BCUT2D eigenvalue weighted by Gasteiger charge is -2.31. The molecule has 1 aliphatic heterocycles. The highest BCUT2D eigenvalue weighted by molar-refractivity contribution is 5.72. The molecule has 0 radical (unpaired) electrons. The van der Waals surface area contributed by atoms with Crippen molar-refractivity contribution in [3.05, 3.63) is 41.7 Å². The van der Waals surface area contributed by atoms with Crippen LogP contribution in [0.2, 0.25) is 0 Å². The summed E-state index contributed by atoms with van der Waals surface area (Å²) in [6.07, 6.45) is 2.32. The molecule has 2 aliphatic rings. The molecule has 1 aromatic carbocycles. The Kier molecular flexibility index (Phi) is 7.81. The number of hydrogen-bond donors (Lipinski definition) is 0. The molecule has 0 N–H and O–H groups in total. The molecule has 7 heteroatoms. The van der Waals surface area contributed by atoms with Gasteiger partial charge in [0.15, 0.2) is 0 Å². The zero-order valence-electron chi connectivity index (χ0n) is 17.2. The summed E-state index contributed by atoms with van der Waals surface area (Å²) < 4.78 is 58.0. The third-order valence-electron chi connectivity index (χ3n) is 5.99. The summed E-state index contributed by atoms with van der Waals surface area (Å²) in [5, 5.41) is 0. The summed E-state index contributed by atoms with van der Waals surface area (Å²) in [5.74, 6) is -1.69. The van der Waals surface area contributed by atoms with Crippen molar-refractivity contribution in [2.75, 3.05) is 13.2 Å². The number of halogens is 3. The second-order valence-electron chi connectivity index (χ2n) is 7.91. The first-order valence-electron chi connectivity index (χ1n) is 10.6. The number of carbonyl (C=O) groups excluding carboxylic acids is 1. The van der Waals surface area contributed by atoms with E-state index in [1.54, 1.807) is 19.1 Å². The highest BCUT2D eigenvalue weighted by Crippen LogP contribution is 2.40. The Morgan fingerprint density at radius 3 is 2.53 bits per heavy atom. The van der Waals surface area contributed by atoms with Gasteiger partial charge in [-0.1, -0.05) is 12.1 Å². The average molecular weight is 426 g/mol. The van der Waals surface area contributed by atoms with Crippen molar-refractivity contribution in [3.63, 3.8) is 0 Å². The van der Waals surface area contributed by atoms with Crippen LogP contribution in [0.5, 0.6) is 5.75 Å². The minimum atomic E-state index is -2.94. The summed E-state index contributed by atoms with van der Waals surface area (Å²) in [6, 6.07) is 2.97. The highest BCUT2D eigenvalue weighted by atomic mass is 19.3. The van der Waals surface area contributed by atoms with Crippen LogP contribution in [0, 0.1) is 11.7 Å². The van der Waals surface area contributed by atoms with Gasteiger partial charge in [-0.15, -0.1) is 6.58 Å². The molecule has 0 aromatic heterocycles. The maximum atomic E-state index is 14.8. The van der Waals surface area contributed by atoms with Crippen molar-refractivity contribution in [2.24, 2.45) is 5.92 Å². The molecule has 1 saturated carbocycles. The Morgan fingerprint density at radius 2 is 1.97 bits per heavy atom. The zero-order valence-corrected chi connectivity index (χ0v) is 17.2. The Balaban J connectivity index is 1.57. The van der Waals surface area contributed by atoms with E-state index in [1.165, 1.54) is 6.07 Å². The van der Waals surface area contributed by atoms with Gasteiger partial charge in [-0.05, 0) is 63.0 Å². The number of esters is 1. The van der Waals surface area contributed by atoms with Crippen LogP contribution in [0.4, 0.5) is 13.2 Å². The third-order valence-corrected chi connectivity index (χ3v) is 5.99. The van der Waals surface area contributed by atoms with Gasteiger partial charge < -0.3 is 14.2 Å². The highest BCUT2D eigenvalue weighted by Gasteiger charge is 2.32. The molecular formula is C23H29F3O4. The predicted octanol–water partition coefficient (Wildman–Crippen LogP) is 5.71. The second-order valence-corrected chi connectivity index (χ2v) is 7.91. The standard InChI is InChI=1S/C23H29F3O4/c1-3-16-8-7-15(13-29-16)23(27)30-17-9-5-14(6-10-17)18-11-12-19(28-4-2)20(21(18)24)22(25)26/h3,11-12,14-17,22H,1,4-10,13H2,2H3. The topological polar surface area (TPSA) is 44.8 Å². The number of benzene rings is 1. The van der Waals surface area contributed by atoms with Gasteiger partial charge in [0.2, 0.25) is 0 Å². The van der Waals surface area contributed by atoms with Crippen LogP contribution >= 0.6 is 0 Å². The first-order chi connectivity index (χ1) is 14.4. The van der Waals surface area contributed by atoms with Crippen LogP contribution in [0.3, 0.4) is 0 Å². The molecule has 1 aromatic rings. The monoisotopic (exact) mass is 426 g/mol. The molecule has 2 atom stereocenters. The predicted molar refractivity (Wildman–Crippen MR) is 106 cm³/mol. The van der Waals surface area contributed by atoms with Gasteiger partial charge in [0.05, 0.1) is 30.8 Å². The van der Waals surface area contributed by atoms with Crippen LogP contribution in [0.15, 0.2) is 24.8 Å². The van der Waals surface area contributed by atoms with E-state index >= 15 is 0 Å². The van der Waals surface area contributed by atoms with Crippen molar-refractivity contribution in [1.29, 1.82) is 0 Å². The molecule has 1 aliphatic carbocycles. The molecule has 1 saturated heterocycles. The van der Waals surface area contributed by atoms with Crippen molar-refractivity contribution < 1.29 is 32.2 Å². The number of hydrogen-bond acceptors (Lipinski definition) is 4. The molecule has 0 bridgehead atoms. The van der Waals surface area contributed by atoms with E-state index in [2.05, 4.69) is 6.58 Å². The average Bonchev–Trinajstić information content (AvgIpc) is 2.74.